The van der Waals surface area contributed by atoms with Crippen molar-refractivity contribution in [1.29, 1.82) is 0 Å². The summed E-state index contributed by atoms with van der Waals surface area (Å²) in [4.78, 5) is 24.3. The Bertz CT molecular complexity index is 474. The molecule has 0 fully saturated rings. The summed E-state index contributed by atoms with van der Waals surface area (Å²) in [5.41, 5.74) is 0.0219. The molecule has 1 rings (SSSR count). The number of nitrogens with zero attached hydrogens (tertiary/aromatic N) is 2. The maximum atomic E-state index is 11.4. The first-order valence-electron chi connectivity index (χ1n) is 5.89. The topological polar surface area (TPSA) is 63.5 Å². The standard InChI is InChI=1S/C12H18N2O3S2/c1-8(5-6-18-4)13(3)12-10(14(16)17)7-11(19-12)9(2)15/h7-8H,5-6H2,1-4H3. The van der Waals surface area contributed by atoms with Gasteiger partial charge in [0, 0.05) is 19.2 Å². The third-order valence-electron chi connectivity index (χ3n) is 2.96. The van der Waals surface area contributed by atoms with Crippen molar-refractivity contribution in [3.63, 3.8) is 0 Å². The molecule has 5 nitrogen and oxygen atoms in total. The van der Waals surface area contributed by atoms with Crippen molar-refractivity contribution in [1.82, 2.24) is 0 Å². The number of Topliss-reactive ketones (excluding diaryl/α,β-unsaturated/α-hetero) is 1. The van der Waals surface area contributed by atoms with E-state index < -0.39 is 4.92 Å². The number of thioether (sulfide) groups is 1. The number of hydrogen-bond donors (Lipinski definition) is 0. The van der Waals surface area contributed by atoms with Gasteiger partial charge in [0.1, 0.15) is 0 Å². The van der Waals surface area contributed by atoms with E-state index in [-0.39, 0.29) is 17.5 Å². The van der Waals surface area contributed by atoms with Crippen LogP contribution in [0.4, 0.5) is 10.7 Å². The van der Waals surface area contributed by atoms with Crippen LogP contribution in [0.25, 0.3) is 0 Å². The van der Waals surface area contributed by atoms with Gasteiger partial charge in [0.15, 0.2) is 10.8 Å². The van der Waals surface area contributed by atoms with E-state index in [1.54, 1.807) is 11.8 Å². The number of carbonyl (C=O) groups is 1. The van der Waals surface area contributed by atoms with Crippen molar-refractivity contribution in [2.24, 2.45) is 0 Å². The van der Waals surface area contributed by atoms with Crippen molar-refractivity contribution in [2.75, 3.05) is 24.0 Å². The van der Waals surface area contributed by atoms with Gasteiger partial charge in [-0.2, -0.15) is 11.8 Å². The first-order valence-corrected chi connectivity index (χ1v) is 8.10. The quantitative estimate of drug-likeness (QED) is 0.438. The van der Waals surface area contributed by atoms with Gasteiger partial charge in [-0.05, 0) is 32.3 Å². The summed E-state index contributed by atoms with van der Waals surface area (Å²) >= 11 is 2.95. The molecular formula is C12H18N2O3S2. The molecule has 0 amide bonds. The van der Waals surface area contributed by atoms with Crippen molar-refractivity contribution in [3.05, 3.63) is 21.1 Å². The molecule has 0 saturated heterocycles. The third-order valence-corrected chi connectivity index (χ3v) is 4.92. The lowest BCUT2D eigenvalue weighted by Crippen LogP contribution is -2.29. The van der Waals surface area contributed by atoms with Gasteiger partial charge in [-0.3, -0.25) is 14.9 Å². The number of anilines is 1. The number of carbonyl (C=O) groups excluding carboxylic acids is 1. The number of ketones is 1. The van der Waals surface area contributed by atoms with Crippen LogP contribution in [0.5, 0.6) is 0 Å². The highest BCUT2D eigenvalue weighted by atomic mass is 32.2. The zero-order valence-corrected chi connectivity index (χ0v) is 13.1. The zero-order chi connectivity index (χ0) is 14.6. The summed E-state index contributed by atoms with van der Waals surface area (Å²) in [6, 6.07) is 1.57. The van der Waals surface area contributed by atoms with Crippen molar-refractivity contribution in [2.45, 2.75) is 26.3 Å². The lowest BCUT2D eigenvalue weighted by Gasteiger charge is -2.24. The average molecular weight is 302 g/mol. The van der Waals surface area contributed by atoms with Gasteiger partial charge in [-0.25, -0.2) is 0 Å². The Balaban J connectivity index is 3.03. The second-order valence-corrected chi connectivity index (χ2v) is 6.37. The Morgan fingerprint density at radius 3 is 2.74 bits per heavy atom. The minimum absolute atomic E-state index is 0.0219. The summed E-state index contributed by atoms with van der Waals surface area (Å²) < 4.78 is 0. The van der Waals surface area contributed by atoms with E-state index in [0.717, 1.165) is 12.2 Å². The van der Waals surface area contributed by atoms with Gasteiger partial charge in [0.05, 0.1) is 9.80 Å². The van der Waals surface area contributed by atoms with Gasteiger partial charge in [-0.1, -0.05) is 0 Å². The van der Waals surface area contributed by atoms with Crippen LogP contribution in [0.15, 0.2) is 6.07 Å². The van der Waals surface area contributed by atoms with E-state index in [4.69, 9.17) is 0 Å². The molecule has 0 aromatic carbocycles. The maximum Gasteiger partial charge on any atom is 0.304 e. The average Bonchev–Trinajstić information content (AvgIpc) is 2.80. The fraction of sp³-hybridized carbons (Fsp3) is 0.583. The van der Waals surface area contributed by atoms with Gasteiger partial charge >= 0.3 is 5.69 Å². The molecule has 0 radical (unpaired) electrons. The third kappa shape index (κ3) is 3.94. The molecule has 0 aliphatic heterocycles. The number of rotatable bonds is 7. The second-order valence-electron chi connectivity index (χ2n) is 4.36. The van der Waals surface area contributed by atoms with E-state index >= 15 is 0 Å². The second kappa shape index (κ2) is 6.91. The van der Waals surface area contributed by atoms with Gasteiger partial charge in [0.25, 0.3) is 0 Å². The highest BCUT2D eigenvalue weighted by Crippen LogP contribution is 2.38. The lowest BCUT2D eigenvalue weighted by molar-refractivity contribution is -0.383. The van der Waals surface area contributed by atoms with Crippen LogP contribution in [0.2, 0.25) is 0 Å². The van der Waals surface area contributed by atoms with E-state index in [9.17, 15) is 14.9 Å². The molecule has 1 aromatic heterocycles. The number of nitro groups is 1. The van der Waals surface area contributed by atoms with Crippen LogP contribution in [-0.2, 0) is 0 Å². The molecular weight excluding hydrogens is 284 g/mol. The van der Waals surface area contributed by atoms with Crippen LogP contribution in [-0.4, -0.2) is 35.8 Å². The van der Waals surface area contributed by atoms with Gasteiger partial charge in [-0.15, -0.1) is 11.3 Å². The van der Waals surface area contributed by atoms with E-state index in [1.807, 2.05) is 25.1 Å². The number of hydrogen-bond acceptors (Lipinski definition) is 6. The minimum Gasteiger partial charge on any atom is -0.358 e. The van der Waals surface area contributed by atoms with Gasteiger partial charge in [0.2, 0.25) is 0 Å². The largest absolute Gasteiger partial charge is 0.358 e. The predicted molar refractivity (Wildman–Crippen MR) is 81.8 cm³/mol. The number of thiophene rings is 1. The highest BCUT2D eigenvalue weighted by Gasteiger charge is 2.25. The van der Waals surface area contributed by atoms with Crippen LogP contribution < -0.4 is 4.90 Å². The molecule has 106 valence electrons. The SMILES string of the molecule is CSCCC(C)N(C)c1sc(C(C)=O)cc1[N+](=O)[O-]. The summed E-state index contributed by atoms with van der Waals surface area (Å²) in [6.07, 6.45) is 2.98. The maximum absolute atomic E-state index is 11.4. The van der Waals surface area contributed by atoms with Crippen LogP contribution in [0.1, 0.15) is 29.9 Å². The Morgan fingerprint density at radius 1 is 1.63 bits per heavy atom. The Kier molecular flexibility index (Phi) is 5.81. The molecule has 0 aliphatic carbocycles. The highest BCUT2D eigenvalue weighted by molar-refractivity contribution is 7.98. The van der Waals surface area contributed by atoms with E-state index in [0.29, 0.717) is 9.88 Å². The predicted octanol–water partition coefficient (Wildman–Crippen LogP) is 3.44. The fourth-order valence-corrected chi connectivity index (χ4v) is 3.27. The molecule has 19 heavy (non-hydrogen) atoms. The van der Waals surface area contributed by atoms with Crippen molar-refractivity contribution >= 4 is 39.6 Å². The molecule has 0 bridgehead atoms. The van der Waals surface area contributed by atoms with E-state index in [2.05, 4.69) is 0 Å². The molecule has 1 aromatic rings. The first kappa shape index (κ1) is 16.0. The molecule has 7 heteroatoms. The fourth-order valence-electron chi connectivity index (χ4n) is 1.61. The van der Waals surface area contributed by atoms with Crippen molar-refractivity contribution in [3.8, 4) is 0 Å². The van der Waals surface area contributed by atoms with Crippen LogP contribution in [0.3, 0.4) is 0 Å². The van der Waals surface area contributed by atoms with Crippen LogP contribution in [0, 0.1) is 10.1 Å². The summed E-state index contributed by atoms with van der Waals surface area (Å²) in [6.45, 7) is 3.46. The lowest BCUT2D eigenvalue weighted by atomic mass is 10.2. The minimum atomic E-state index is -0.421. The molecule has 0 saturated carbocycles. The molecule has 0 N–H and O–H groups in total. The summed E-state index contributed by atoms with van der Waals surface area (Å²) in [5.74, 6) is 0.870. The molecule has 0 aliphatic rings. The Labute approximate surface area is 121 Å². The van der Waals surface area contributed by atoms with Crippen molar-refractivity contribution < 1.29 is 9.72 Å². The smallest absolute Gasteiger partial charge is 0.304 e. The summed E-state index contributed by atoms with van der Waals surface area (Å²) in [5, 5.41) is 11.6. The molecule has 1 atom stereocenters. The first-order chi connectivity index (χ1) is 8.88. The monoisotopic (exact) mass is 302 g/mol. The Morgan fingerprint density at radius 2 is 2.26 bits per heavy atom. The molecule has 1 heterocycles. The molecule has 1 unspecified atom stereocenters. The van der Waals surface area contributed by atoms with E-state index in [1.165, 1.54) is 24.3 Å². The molecule has 0 spiro atoms. The Hall–Kier alpha value is -1.08. The summed E-state index contributed by atoms with van der Waals surface area (Å²) in [7, 11) is 1.84. The zero-order valence-electron chi connectivity index (χ0n) is 11.5. The van der Waals surface area contributed by atoms with Crippen LogP contribution >= 0.6 is 23.1 Å². The normalized spacial score (nSPS) is 12.2. The van der Waals surface area contributed by atoms with Gasteiger partial charge < -0.3 is 4.90 Å².